The summed E-state index contributed by atoms with van der Waals surface area (Å²) in [6.07, 6.45) is 0. The van der Waals surface area contributed by atoms with E-state index < -0.39 is 11.8 Å². The van der Waals surface area contributed by atoms with Crippen LogP contribution in [-0.4, -0.2) is 16.1 Å². The van der Waals surface area contributed by atoms with Crippen molar-refractivity contribution in [2.24, 2.45) is 0 Å². The number of aromatic nitrogens is 1. The van der Waals surface area contributed by atoms with Crippen molar-refractivity contribution in [1.29, 1.82) is 0 Å². The minimum Gasteiger partial charge on any atom is -0.476 e. The molecule has 0 aliphatic heterocycles. The first-order valence-corrected chi connectivity index (χ1v) is 5.66. The summed E-state index contributed by atoms with van der Waals surface area (Å²) in [4.78, 5) is 14.5. The molecular weight excluding hydrogens is 243 g/mol. The minimum atomic E-state index is -1.14. The van der Waals surface area contributed by atoms with E-state index >= 15 is 0 Å². The quantitative estimate of drug-likeness (QED) is 0.881. The molecule has 4 nitrogen and oxygen atoms in total. The second-order valence-electron chi connectivity index (χ2n) is 3.44. The molecule has 0 aliphatic rings. The molecule has 2 rings (SSSR count). The zero-order chi connectivity index (χ0) is 12.4. The summed E-state index contributed by atoms with van der Waals surface area (Å²) in [5.74, 6) is -1.56. The van der Waals surface area contributed by atoms with E-state index in [1.54, 1.807) is 19.1 Å². The molecule has 2 N–H and O–H groups in total. The van der Waals surface area contributed by atoms with E-state index in [9.17, 15) is 9.18 Å². The molecule has 0 bridgehead atoms. The number of aryl methyl sites for hydroxylation is 1. The van der Waals surface area contributed by atoms with Gasteiger partial charge in [-0.25, -0.2) is 14.2 Å². The van der Waals surface area contributed by atoms with Gasteiger partial charge in [-0.15, -0.1) is 11.3 Å². The number of hydrogen-bond donors (Lipinski definition) is 2. The average molecular weight is 252 g/mol. The van der Waals surface area contributed by atoms with Gasteiger partial charge >= 0.3 is 5.97 Å². The largest absolute Gasteiger partial charge is 0.476 e. The zero-order valence-electron chi connectivity index (χ0n) is 8.90. The third-order valence-electron chi connectivity index (χ3n) is 2.14. The normalized spacial score (nSPS) is 10.2. The van der Waals surface area contributed by atoms with Crippen LogP contribution in [0, 0.1) is 12.7 Å². The van der Waals surface area contributed by atoms with Crippen LogP contribution in [0.4, 0.5) is 15.1 Å². The lowest BCUT2D eigenvalue weighted by molar-refractivity contribution is 0.0692. The van der Waals surface area contributed by atoms with Crippen molar-refractivity contribution in [1.82, 2.24) is 4.98 Å². The molecule has 0 fully saturated rings. The summed E-state index contributed by atoms with van der Waals surface area (Å²) in [5, 5.41) is 11.9. The lowest BCUT2D eigenvalue weighted by Crippen LogP contribution is -2.02. The molecule has 0 spiro atoms. The van der Waals surface area contributed by atoms with Gasteiger partial charge in [0.2, 0.25) is 0 Å². The smallest absolute Gasteiger partial charge is 0.357 e. The van der Waals surface area contributed by atoms with E-state index in [1.807, 2.05) is 0 Å². The van der Waals surface area contributed by atoms with Crippen LogP contribution in [0.15, 0.2) is 23.7 Å². The maximum atomic E-state index is 13.5. The highest BCUT2D eigenvalue weighted by atomic mass is 32.1. The van der Waals surface area contributed by atoms with Gasteiger partial charge in [0.25, 0.3) is 0 Å². The van der Waals surface area contributed by atoms with E-state index in [-0.39, 0.29) is 11.4 Å². The Labute approximate surface area is 101 Å². The van der Waals surface area contributed by atoms with Gasteiger partial charge in [0, 0.05) is 0 Å². The molecule has 0 unspecified atom stereocenters. The van der Waals surface area contributed by atoms with E-state index in [2.05, 4.69) is 10.3 Å². The second kappa shape index (κ2) is 4.50. The summed E-state index contributed by atoms with van der Waals surface area (Å²) in [6, 6.07) is 4.69. The highest BCUT2D eigenvalue weighted by molar-refractivity contribution is 7.14. The number of aromatic carboxylic acids is 1. The minimum absolute atomic E-state index is 0.102. The standard InChI is InChI=1S/C11H9FN2O2S/c1-6-2-3-8(7(12)4-6)14-10-9(11(15)16)13-5-17-10/h2-5,14H,1H3,(H,15,16). The molecule has 0 amide bonds. The molecule has 0 radical (unpaired) electrons. The Morgan fingerprint density at radius 3 is 2.94 bits per heavy atom. The van der Waals surface area contributed by atoms with Crippen LogP contribution in [0.2, 0.25) is 0 Å². The number of benzene rings is 1. The van der Waals surface area contributed by atoms with Crippen LogP contribution >= 0.6 is 11.3 Å². The average Bonchev–Trinajstić information content (AvgIpc) is 2.70. The van der Waals surface area contributed by atoms with Crippen molar-refractivity contribution in [2.75, 3.05) is 5.32 Å². The fourth-order valence-corrected chi connectivity index (χ4v) is 2.02. The summed E-state index contributed by atoms with van der Waals surface area (Å²) < 4.78 is 13.5. The molecular formula is C11H9FN2O2S. The molecule has 0 saturated carbocycles. The lowest BCUT2D eigenvalue weighted by atomic mass is 10.2. The molecule has 1 aromatic heterocycles. The number of nitrogens with zero attached hydrogens (tertiary/aromatic N) is 1. The third kappa shape index (κ3) is 2.42. The van der Waals surface area contributed by atoms with Crippen molar-refractivity contribution in [2.45, 2.75) is 6.92 Å². The number of anilines is 2. The van der Waals surface area contributed by atoms with Gasteiger partial charge < -0.3 is 10.4 Å². The maximum absolute atomic E-state index is 13.5. The van der Waals surface area contributed by atoms with Gasteiger partial charge in [0.05, 0.1) is 11.2 Å². The third-order valence-corrected chi connectivity index (χ3v) is 2.88. The van der Waals surface area contributed by atoms with Gasteiger partial charge in [-0.2, -0.15) is 0 Å². The Bertz CT molecular complexity index is 568. The first-order chi connectivity index (χ1) is 8.08. The zero-order valence-corrected chi connectivity index (χ0v) is 9.71. The van der Waals surface area contributed by atoms with E-state index in [0.717, 1.165) is 16.9 Å². The monoisotopic (exact) mass is 252 g/mol. The molecule has 88 valence electrons. The fraction of sp³-hybridized carbons (Fsp3) is 0.0909. The second-order valence-corrected chi connectivity index (χ2v) is 4.30. The Balaban J connectivity index is 2.31. The van der Waals surface area contributed by atoms with Gasteiger partial charge in [-0.3, -0.25) is 0 Å². The van der Waals surface area contributed by atoms with Crippen molar-refractivity contribution >= 4 is 28.0 Å². The first-order valence-electron chi connectivity index (χ1n) is 4.78. The van der Waals surface area contributed by atoms with E-state index in [4.69, 9.17) is 5.11 Å². The van der Waals surface area contributed by atoms with Gasteiger partial charge in [0.15, 0.2) is 5.69 Å². The number of halogens is 1. The Morgan fingerprint density at radius 2 is 2.29 bits per heavy atom. The van der Waals surface area contributed by atoms with Crippen LogP contribution in [-0.2, 0) is 0 Å². The Morgan fingerprint density at radius 1 is 1.53 bits per heavy atom. The highest BCUT2D eigenvalue weighted by Gasteiger charge is 2.14. The lowest BCUT2D eigenvalue weighted by Gasteiger charge is -2.06. The van der Waals surface area contributed by atoms with Crippen LogP contribution in [0.5, 0.6) is 0 Å². The van der Waals surface area contributed by atoms with Gasteiger partial charge in [0.1, 0.15) is 10.8 Å². The molecule has 1 aromatic carbocycles. The molecule has 0 aliphatic carbocycles. The highest BCUT2D eigenvalue weighted by Crippen LogP contribution is 2.26. The number of carboxylic acids is 1. The Kier molecular flexibility index (Phi) is 3.06. The predicted molar refractivity (Wildman–Crippen MR) is 63.5 cm³/mol. The van der Waals surface area contributed by atoms with Crippen molar-refractivity contribution < 1.29 is 14.3 Å². The topological polar surface area (TPSA) is 62.2 Å². The van der Waals surface area contributed by atoms with Crippen molar-refractivity contribution in [3.63, 3.8) is 0 Å². The first kappa shape index (κ1) is 11.5. The van der Waals surface area contributed by atoms with Crippen LogP contribution < -0.4 is 5.32 Å². The molecule has 0 atom stereocenters. The molecule has 6 heteroatoms. The van der Waals surface area contributed by atoms with Crippen molar-refractivity contribution in [3.05, 3.63) is 40.8 Å². The van der Waals surface area contributed by atoms with Gasteiger partial charge in [-0.1, -0.05) is 6.07 Å². The maximum Gasteiger partial charge on any atom is 0.357 e. The van der Waals surface area contributed by atoms with E-state index in [1.165, 1.54) is 11.6 Å². The number of thiazole rings is 1. The van der Waals surface area contributed by atoms with Crippen LogP contribution in [0.3, 0.4) is 0 Å². The summed E-state index contributed by atoms with van der Waals surface area (Å²) in [7, 11) is 0. The number of nitrogens with one attached hydrogen (secondary N) is 1. The summed E-state index contributed by atoms with van der Waals surface area (Å²) in [5.41, 5.74) is 2.34. The SMILES string of the molecule is Cc1ccc(Nc2scnc2C(=O)O)c(F)c1. The predicted octanol–water partition coefficient (Wildman–Crippen LogP) is 3.03. The summed E-state index contributed by atoms with van der Waals surface area (Å²) in [6.45, 7) is 1.78. The summed E-state index contributed by atoms with van der Waals surface area (Å²) >= 11 is 1.12. The number of rotatable bonds is 3. The number of carboxylic acid groups (broad SMARTS) is 1. The van der Waals surface area contributed by atoms with Crippen LogP contribution in [0.25, 0.3) is 0 Å². The van der Waals surface area contributed by atoms with Gasteiger partial charge in [-0.05, 0) is 24.6 Å². The number of hydrogen-bond acceptors (Lipinski definition) is 4. The molecule has 1 heterocycles. The van der Waals surface area contributed by atoms with Crippen molar-refractivity contribution in [3.8, 4) is 0 Å². The van der Waals surface area contributed by atoms with E-state index in [0.29, 0.717) is 5.00 Å². The number of carbonyl (C=O) groups is 1. The molecule has 17 heavy (non-hydrogen) atoms. The van der Waals surface area contributed by atoms with Crippen LogP contribution in [0.1, 0.15) is 16.1 Å². The molecule has 2 aromatic rings. The fourth-order valence-electron chi connectivity index (χ4n) is 1.33. The Hall–Kier alpha value is -1.95. The molecule has 0 saturated heterocycles.